The molecule has 0 aromatic heterocycles. The lowest BCUT2D eigenvalue weighted by Crippen LogP contribution is -2.10. The molecule has 0 spiro atoms. The second-order valence-corrected chi connectivity index (χ2v) is 7.99. The summed E-state index contributed by atoms with van der Waals surface area (Å²) in [5.41, 5.74) is 9.00. The molecule has 0 fully saturated rings. The molecule has 146 valence electrons. The van der Waals surface area contributed by atoms with Gasteiger partial charge in [-0.2, -0.15) is 0 Å². The van der Waals surface area contributed by atoms with Crippen LogP contribution >= 0.6 is 0 Å². The van der Waals surface area contributed by atoms with Gasteiger partial charge < -0.3 is 4.90 Å². The van der Waals surface area contributed by atoms with Crippen molar-refractivity contribution in [3.63, 3.8) is 0 Å². The van der Waals surface area contributed by atoms with E-state index in [0.29, 0.717) is 0 Å². The second-order valence-electron chi connectivity index (χ2n) is 7.99. The van der Waals surface area contributed by atoms with E-state index in [1.807, 2.05) is 0 Å². The number of hydrogen-bond acceptors (Lipinski definition) is 1. The van der Waals surface area contributed by atoms with E-state index in [1.54, 1.807) is 0 Å². The summed E-state index contributed by atoms with van der Waals surface area (Å²) in [6, 6.07) is 24.7. The van der Waals surface area contributed by atoms with E-state index >= 15 is 0 Å². The normalized spacial score (nSPS) is 10.9. The summed E-state index contributed by atoms with van der Waals surface area (Å²) in [7, 11) is 0. The fourth-order valence-corrected chi connectivity index (χ4v) is 3.70. The lowest BCUT2D eigenvalue weighted by molar-refractivity contribution is 0.667. The number of rotatable bonds is 8. The third-order valence-electron chi connectivity index (χ3n) is 5.28. The van der Waals surface area contributed by atoms with Gasteiger partial charge in [0, 0.05) is 17.1 Å². The van der Waals surface area contributed by atoms with Crippen LogP contribution in [0.1, 0.15) is 54.9 Å². The summed E-state index contributed by atoms with van der Waals surface area (Å²) in [5, 5.41) is 0. The van der Waals surface area contributed by atoms with Crippen molar-refractivity contribution < 1.29 is 0 Å². The molecule has 0 amide bonds. The molecule has 0 aliphatic carbocycles. The maximum atomic E-state index is 2.38. The quantitative estimate of drug-likeness (QED) is 0.361. The molecule has 0 radical (unpaired) electrons. The minimum Gasteiger partial charge on any atom is -0.310 e. The fourth-order valence-electron chi connectivity index (χ4n) is 3.70. The van der Waals surface area contributed by atoms with Gasteiger partial charge in [-0.1, -0.05) is 67.6 Å². The van der Waals surface area contributed by atoms with Gasteiger partial charge in [0.15, 0.2) is 0 Å². The van der Waals surface area contributed by atoms with Gasteiger partial charge in [-0.25, -0.2) is 0 Å². The van der Waals surface area contributed by atoms with Crippen LogP contribution in [0.15, 0.2) is 66.7 Å². The summed E-state index contributed by atoms with van der Waals surface area (Å²) in [5.74, 6) is 0. The first-order valence-electron chi connectivity index (χ1n) is 10.6. The molecular weight excluding hydrogens is 338 g/mol. The van der Waals surface area contributed by atoms with E-state index in [4.69, 9.17) is 0 Å². The Bertz CT molecular complexity index is 830. The second kappa shape index (κ2) is 9.59. The van der Waals surface area contributed by atoms with Crippen molar-refractivity contribution in [3.8, 4) is 0 Å². The Morgan fingerprint density at radius 1 is 0.571 bits per heavy atom. The van der Waals surface area contributed by atoms with E-state index in [1.165, 1.54) is 65.0 Å². The van der Waals surface area contributed by atoms with Gasteiger partial charge in [0.2, 0.25) is 0 Å². The standard InChI is InChI=1S/C27H33N/c1-5-6-7-8-9-24-18-23(4)19-27(20-24)28(25-14-10-21(2)11-15-25)26-16-12-22(3)13-17-26/h10-20H,5-9H2,1-4H3. The molecule has 3 rings (SSSR count). The molecule has 0 saturated carbocycles. The van der Waals surface area contributed by atoms with Crippen LogP contribution in [0.25, 0.3) is 0 Å². The van der Waals surface area contributed by atoms with Gasteiger partial charge in [0.25, 0.3) is 0 Å². The molecule has 1 heteroatoms. The Morgan fingerprint density at radius 2 is 1.14 bits per heavy atom. The van der Waals surface area contributed by atoms with E-state index in [0.717, 1.165) is 6.42 Å². The van der Waals surface area contributed by atoms with Crippen molar-refractivity contribution >= 4 is 17.1 Å². The average Bonchev–Trinajstić information content (AvgIpc) is 2.68. The predicted molar refractivity (Wildman–Crippen MR) is 123 cm³/mol. The van der Waals surface area contributed by atoms with Crippen LogP contribution in [0.5, 0.6) is 0 Å². The van der Waals surface area contributed by atoms with Crippen LogP contribution < -0.4 is 4.90 Å². The number of unbranched alkanes of at least 4 members (excludes halogenated alkanes) is 3. The largest absolute Gasteiger partial charge is 0.310 e. The van der Waals surface area contributed by atoms with Crippen LogP contribution in [-0.4, -0.2) is 0 Å². The van der Waals surface area contributed by atoms with Gasteiger partial charge in [-0.3, -0.25) is 0 Å². The highest BCUT2D eigenvalue weighted by molar-refractivity contribution is 5.77. The van der Waals surface area contributed by atoms with Gasteiger partial charge >= 0.3 is 0 Å². The lowest BCUT2D eigenvalue weighted by atomic mass is 10.0. The number of nitrogens with zero attached hydrogens (tertiary/aromatic N) is 1. The maximum Gasteiger partial charge on any atom is 0.0466 e. The third kappa shape index (κ3) is 5.25. The van der Waals surface area contributed by atoms with E-state index in [9.17, 15) is 0 Å². The molecule has 0 atom stereocenters. The molecule has 0 heterocycles. The highest BCUT2D eigenvalue weighted by Gasteiger charge is 2.13. The molecule has 0 N–H and O–H groups in total. The first-order chi connectivity index (χ1) is 13.6. The van der Waals surface area contributed by atoms with Crippen molar-refractivity contribution in [1.29, 1.82) is 0 Å². The number of hydrogen-bond donors (Lipinski definition) is 0. The highest BCUT2D eigenvalue weighted by Crippen LogP contribution is 2.36. The van der Waals surface area contributed by atoms with Gasteiger partial charge in [-0.15, -0.1) is 0 Å². The van der Waals surface area contributed by atoms with E-state index in [-0.39, 0.29) is 0 Å². The zero-order valence-corrected chi connectivity index (χ0v) is 17.8. The molecular formula is C27H33N. The fraction of sp³-hybridized carbons (Fsp3) is 0.333. The summed E-state index contributed by atoms with van der Waals surface area (Å²) >= 11 is 0. The van der Waals surface area contributed by atoms with Crippen molar-refractivity contribution in [1.82, 2.24) is 0 Å². The highest BCUT2D eigenvalue weighted by atomic mass is 15.1. The number of benzene rings is 3. The minimum atomic E-state index is 1.16. The topological polar surface area (TPSA) is 3.24 Å². The van der Waals surface area contributed by atoms with Crippen molar-refractivity contribution in [2.75, 3.05) is 4.90 Å². The molecule has 28 heavy (non-hydrogen) atoms. The third-order valence-corrected chi connectivity index (χ3v) is 5.28. The summed E-state index contributed by atoms with van der Waals surface area (Å²) < 4.78 is 0. The average molecular weight is 372 g/mol. The molecule has 3 aromatic carbocycles. The Balaban J connectivity index is 1.98. The number of aryl methyl sites for hydroxylation is 4. The van der Waals surface area contributed by atoms with Crippen molar-refractivity contribution in [2.45, 2.75) is 59.8 Å². The molecule has 0 aliphatic rings. The van der Waals surface area contributed by atoms with Crippen molar-refractivity contribution in [2.24, 2.45) is 0 Å². The summed E-state index contributed by atoms with van der Waals surface area (Å²) in [4.78, 5) is 2.38. The molecule has 0 saturated heterocycles. The van der Waals surface area contributed by atoms with Crippen LogP contribution in [0.3, 0.4) is 0 Å². The van der Waals surface area contributed by atoms with Crippen LogP contribution in [0.4, 0.5) is 17.1 Å². The lowest BCUT2D eigenvalue weighted by Gasteiger charge is -2.26. The minimum absolute atomic E-state index is 1.16. The smallest absolute Gasteiger partial charge is 0.0466 e. The summed E-state index contributed by atoms with van der Waals surface area (Å²) in [6.45, 7) is 8.76. The Labute approximate surface area is 171 Å². The first kappa shape index (κ1) is 20.2. The van der Waals surface area contributed by atoms with Crippen LogP contribution in [-0.2, 0) is 6.42 Å². The zero-order chi connectivity index (χ0) is 19.9. The predicted octanol–water partition coefficient (Wildman–Crippen LogP) is 8.20. The Kier molecular flexibility index (Phi) is 6.92. The Hall–Kier alpha value is -2.54. The van der Waals surface area contributed by atoms with Crippen molar-refractivity contribution in [3.05, 3.63) is 89.0 Å². The van der Waals surface area contributed by atoms with E-state index in [2.05, 4.69) is 99.3 Å². The van der Waals surface area contributed by atoms with E-state index < -0.39 is 0 Å². The molecule has 0 bridgehead atoms. The number of anilines is 3. The first-order valence-corrected chi connectivity index (χ1v) is 10.6. The van der Waals surface area contributed by atoms with Gasteiger partial charge in [-0.05, 0) is 81.1 Å². The molecule has 3 aromatic rings. The van der Waals surface area contributed by atoms with Gasteiger partial charge in [0.1, 0.15) is 0 Å². The maximum absolute atomic E-state index is 2.38. The Morgan fingerprint density at radius 3 is 1.68 bits per heavy atom. The summed E-state index contributed by atoms with van der Waals surface area (Å²) in [6.07, 6.45) is 6.36. The SMILES string of the molecule is CCCCCCc1cc(C)cc(N(c2ccc(C)cc2)c2ccc(C)cc2)c1. The monoisotopic (exact) mass is 371 g/mol. The van der Waals surface area contributed by atoms with Crippen LogP contribution in [0, 0.1) is 20.8 Å². The van der Waals surface area contributed by atoms with Crippen LogP contribution in [0.2, 0.25) is 0 Å². The zero-order valence-electron chi connectivity index (χ0n) is 17.8. The van der Waals surface area contributed by atoms with Gasteiger partial charge in [0.05, 0.1) is 0 Å². The molecule has 1 nitrogen and oxygen atoms in total. The molecule has 0 unspecified atom stereocenters. The molecule has 0 aliphatic heterocycles.